The largest absolute Gasteiger partial charge is 0.454 e. The molecule has 0 bridgehead atoms. The molecule has 5 rings (SSSR count). The molecule has 1 aliphatic carbocycles. The van der Waals surface area contributed by atoms with Gasteiger partial charge in [-0.05, 0) is 55.2 Å². The third-order valence-electron chi connectivity index (χ3n) is 5.63. The Hall–Kier alpha value is -3.10. The van der Waals surface area contributed by atoms with E-state index in [4.69, 9.17) is 27.9 Å². The molecule has 2 aromatic rings. The second kappa shape index (κ2) is 6.96. The molecule has 2 heterocycles. The van der Waals surface area contributed by atoms with Crippen LogP contribution in [-0.2, 0) is 24.6 Å². The summed E-state index contributed by atoms with van der Waals surface area (Å²) >= 11 is 12.8. The van der Waals surface area contributed by atoms with E-state index in [0.29, 0.717) is 11.4 Å². The van der Waals surface area contributed by atoms with E-state index in [-0.39, 0.29) is 33.8 Å². The van der Waals surface area contributed by atoms with Crippen molar-refractivity contribution in [3.05, 3.63) is 45.4 Å². The Morgan fingerprint density at radius 2 is 1.94 bits per heavy atom. The quantitative estimate of drug-likeness (QED) is 0.662. The highest BCUT2D eigenvalue weighted by Gasteiger charge is 2.57. The van der Waals surface area contributed by atoms with Crippen LogP contribution in [0.15, 0.2) is 29.4 Å². The lowest BCUT2D eigenvalue weighted by Gasteiger charge is -2.16. The molecule has 158 valence electrons. The lowest BCUT2D eigenvalue weighted by Crippen LogP contribution is -2.22. The van der Waals surface area contributed by atoms with Crippen molar-refractivity contribution in [1.29, 1.82) is 0 Å². The van der Waals surface area contributed by atoms with E-state index in [1.54, 1.807) is 6.07 Å². The number of rotatable bonds is 4. The second-order valence-corrected chi connectivity index (χ2v) is 8.47. The first-order chi connectivity index (χ1) is 14.8. The molecule has 2 amide bonds. The zero-order valence-corrected chi connectivity index (χ0v) is 17.7. The minimum atomic E-state index is -0.598. The predicted octanol–water partition coefficient (Wildman–Crippen LogP) is 4.32. The molecule has 0 atom stereocenters. The number of carbonyl (C=O) groups is 3. The van der Waals surface area contributed by atoms with Crippen LogP contribution in [0.4, 0.5) is 11.4 Å². The van der Waals surface area contributed by atoms with Crippen LogP contribution in [0.2, 0.25) is 10.0 Å². The van der Waals surface area contributed by atoms with Gasteiger partial charge < -0.3 is 20.2 Å². The Balaban J connectivity index is 1.40. The van der Waals surface area contributed by atoms with E-state index in [2.05, 4.69) is 20.6 Å². The number of benzene rings is 2. The summed E-state index contributed by atoms with van der Waals surface area (Å²) in [7, 11) is 0. The highest BCUT2D eigenvalue weighted by Crippen LogP contribution is 2.57. The summed E-state index contributed by atoms with van der Waals surface area (Å²) in [5.74, 6) is -0.397. The summed E-state index contributed by atoms with van der Waals surface area (Å²) in [5.41, 5.74) is 2.44. The topological polar surface area (TPSA) is 106 Å². The van der Waals surface area contributed by atoms with Gasteiger partial charge in [0.15, 0.2) is 11.5 Å². The Morgan fingerprint density at radius 1 is 1.23 bits per heavy atom. The number of ether oxygens (including phenoxy) is 1. The molecule has 0 aromatic heterocycles. The Bertz CT molecular complexity index is 1200. The minimum absolute atomic E-state index is 0.0258. The van der Waals surface area contributed by atoms with Gasteiger partial charge in [0.25, 0.3) is 5.91 Å². The summed E-state index contributed by atoms with van der Waals surface area (Å²) in [6.07, 6.45) is 1.42. The fraction of sp³-hybridized carbons (Fsp3) is 0.238. The maximum atomic E-state index is 12.3. The average Bonchev–Trinajstić information content (AvgIpc) is 3.30. The van der Waals surface area contributed by atoms with Gasteiger partial charge in [-0.25, -0.2) is 4.79 Å². The molecule has 2 N–H and O–H groups in total. The smallest absolute Gasteiger partial charge is 0.341 e. The molecule has 0 unspecified atom stereocenters. The van der Waals surface area contributed by atoms with Gasteiger partial charge in [0.2, 0.25) is 5.91 Å². The summed E-state index contributed by atoms with van der Waals surface area (Å²) in [5, 5.41) is 9.29. The van der Waals surface area contributed by atoms with Crippen molar-refractivity contribution in [3.63, 3.8) is 0 Å². The van der Waals surface area contributed by atoms with Gasteiger partial charge in [-0.2, -0.15) is 0 Å². The van der Waals surface area contributed by atoms with Crippen LogP contribution in [0.3, 0.4) is 0 Å². The van der Waals surface area contributed by atoms with Crippen LogP contribution >= 0.6 is 23.2 Å². The van der Waals surface area contributed by atoms with E-state index in [0.717, 1.165) is 29.7 Å². The second-order valence-electron chi connectivity index (χ2n) is 7.65. The Kier molecular flexibility index (Phi) is 4.46. The van der Waals surface area contributed by atoms with Crippen molar-refractivity contribution in [1.82, 2.24) is 0 Å². The van der Waals surface area contributed by atoms with Crippen molar-refractivity contribution >= 4 is 58.1 Å². The molecule has 1 fully saturated rings. The molecule has 1 spiro atoms. The molecule has 8 nitrogen and oxygen atoms in total. The van der Waals surface area contributed by atoms with Gasteiger partial charge in [-0.1, -0.05) is 28.4 Å². The summed E-state index contributed by atoms with van der Waals surface area (Å²) in [6.45, 7) is 1.90. The normalized spacial score (nSPS) is 17.7. The van der Waals surface area contributed by atoms with E-state index < -0.39 is 17.3 Å². The zero-order chi connectivity index (χ0) is 21.9. The maximum Gasteiger partial charge on any atom is 0.341 e. The van der Waals surface area contributed by atoms with Crippen molar-refractivity contribution < 1.29 is 24.0 Å². The van der Waals surface area contributed by atoms with E-state index in [1.165, 1.54) is 12.1 Å². The average molecular weight is 460 g/mol. The summed E-state index contributed by atoms with van der Waals surface area (Å²) < 4.78 is 6.02. The molecule has 2 aromatic carbocycles. The molecular weight excluding hydrogens is 445 g/mol. The van der Waals surface area contributed by atoms with Crippen LogP contribution in [0.25, 0.3) is 0 Å². The third kappa shape index (κ3) is 3.23. The SMILES string of the molecule is Cc1c(Oc2c(Cl)cc(NC(=O)C3=NOC(=O)C3)cc2Cl)ccc2c1C1(CC1)C(=O)N2. The fourth-order valence-electron chi connectivity index (χ4n) is 3.95. The highest BCUT2D eigenvalue weighted by atomic mass is 35.5. The van der Waals surface area contributed by atoms with E-state index >= 15 is 0 Å². The number of carbonyl (C=O) groups excluding carboxylic acids is 3. The lowest BCUT2D eigenvalue weighted by molar-refractivity contribution is -0.140. The van der Waals surface area contributed by atoms with Crippen molar-refractivity contribution in [2.24, 2.45) is 5.16 Å². The molecule has 3 aliphatic rings. The maximum absolute atomic E-state index is 12.3. The van der Waals surface area contributed by atoms with E-state index in [1.807, 2.05) is 13.0 Å². The fourth-order valence-corrected chi connectivity index (χ4v) is 4.52. The number of anilines is 2. The number of hydrogen-bond donors (Lipinski definition) is 2. The zero-order valence-electron chi connectivity index (χ0n) is 16.2. The molecule has 10 heteroatoms. The number of amides is 2. The predicted molar refractivity (Wildman–Crippen MR) is 114 cm³/mol. The van der Waals surface area contributed by atoms with Crippen LogP contribution in [0.1, 0.15) is 30.4 Å². The highest BCUT2D eigenvalue weighted by molar-refractivity contribution is 6.46. The number of nitrogens with one attached hydrogen (secondary N) is 2. The van der Waals surface area contributed by atoms with Gasteiger partial charge in [-0.15, -0.1) is 0 Å². The Labute approximate surface area is 186 Å². The van der Waals surface area contributed by atoms with Crippen LogP contribution in [0.5, 0.6) is 11.5 Å². The summed E-state index contributed by atoms with van der Waals surface area (Å²) in [4.78, 5) is 40.0. The van der Waals surface area contributed by atoms with Crippen LogP contribution in [-0.4, -0.2) is 23.5 Å². The first-order valence-corrected chi connectivity index (χ1v) is 10.2. The van der Waals surface area contributed by atoms with Gasteiger partial charge in [-0.3, -0.25) is 9.59 Å². The van der Waals surface area contributed by atoms with Gasteiger partial charge in [0, 0.05) is 11.4 Å². The van der Waals surface area contributed by atoms with Crippen molar-refractivity contribution in [2.75, 3.05) is 10.6 Å². The minimum Gasteiger partial charge on any atom is -0.454 e. The standard InChI is InChI=1S/C21H15Cl2N3O5/c1-9-15(3-2-13-17(9)21(4-5-21)20(29)25-13)30-18-11(22)6-10(7-12(18)23)24-19(28)14-8-16(27)31-26-14/h2-3,6-7H,4-5,8H2,1H3,(H,24,28)(H,25,29). The Morgan fingerprint density at radius 3 is 2.55 bits per heavy atom. The number of oxime groups is 1. The monoisotopic (exact) mass is 459 g/mol. The van der Waals surface area contributed by atoms with Crippen molar-refractivity contribution in [2.45, 2.75) is 31.6 Å². The molecule has 2 aliphatic heterocycles. The lowest BCUT2D eigenvalue weighted by atomic mass is 9.93. The first-order valence-electron chi connectivity index (χ1n) is 9.49. The molecular formula is C21H15Cl2N3O5. The summed E-state index contributed by atoms with van der Waals surface area (Å²) in [6, 6.07) is 6.53. The van der Waals surface area contributed by atoms with Gasteiger partial charge in [0.05, 0.1) is 21.9 Å². The van der Waals surface area contributed by atoms with E-state index in [9.17, 15) is 14.4 Å². The first kappa shape index (κ1) is 19.8. The number of halogens is 2. The van der Waals surface area contributed by atoms with Crippen LogP contribution in [0, 0.1) is 6.92 Å². The van der Waals surface area contributed by atoms with Gasteiger partial charge in [0.1, 0.15) is 5.75 Å². The molecule has 0 saturated heterocycles. The number of fused-ring (bicyclic) bond motifs is 2. The number of nitrogens with zero attached hydrogens (tertiary/aromatic N) is 1. The van der Waals surface area contributed by atoms with Crippen molar-refractivity contribution in [3.8, 4) is 11.5 Å². The molecule has 0 radical (unpaired) electrons. The van der Waals surface area contributed by atoms with Crippen LogP contribution < -0.4 is 15.4 Å². The van der Waals surface area contributed by atoms with Gasteiger partial charge >= 0.3 is 5.97 Å². The molecule has 31 heavy (non-hydrogen) atoms. The molecule has 1 saturated carbocycles. The third-order valence-corrected chi connectivity index (χ3v) is 6.19. The number of hydrogen-bond acceptors (Lipinski definition) is 6.